The van der Waals surface area contributed by atoms with Crippen LogP contribution in [0.3, 0.4) is 0 Å². The molecule has 2 heterocycles. The smallest absolute Gasteiger partial charge is 0.246 e. The number of carbonyl (C=O) groups excluding carboxylic acids is 1. The van der Waals surface area contributed by atoms with Crippen LogP contribution < -0.4 is 10.6 Å². The van der Waals surface area contributed by atoms with E-state index >= 15 is 0 Å². The topological polar surface area (TPSA) is 54.0 Å². The number of nitrogens with zero attached hydrogens (tertiary/aromatic N) is 1. The van der Waals surface area contributed by atoms with Crippen LogP contribution in [0.5, 0.6) is 0 Å². The maximum Gasteiger partial charge on any atom is 0.246 e. The third kappa shape index (κ3) is 2.55. The Kier molecular flexibility index (Phi) is 3.71. The number of anilines is 1. The van der Waals surface area contributed by atoms with E-state index in [0.717, 1.165) is 27.6 Å². The van der Waals surface area contributed by atoms with Gasteiger partial charge in [-0.05, 0) is 30.8 Å². The molecule has 0 saturated carbocycles. The Morgan fingerprint density at radius 3 is 2.80 bits per heavy atom. The van der Waals surface area contributed by atoms with Gasteiger partial charge in [-0.25, -0.2) is 0 Å². The minimum Gasteiger partial charge on any atom is -0.324 e. The number of nitrogens with one attached hydrogen (secondary N) is 2. The van der Waals surface area contributed by atoms with Gasteiger partial charge in [0.15, 0.2) is 0 Å². The summed E-state index contributed by atoms with van der Waals surface area (Å²) in [6, 6.07) is 9.81. The monoisotopic (exact) mass is 285 g/mol. The van der Waals surface area contributed by atoms with E-state index < -0.39 is 0 Å². The first-order chi connectivity index (χ1) is 9.78. The molecule has 0 aliphatic carbocycles. The lowest BCUT2D eigenvalue weighted by Gasteiger charge is -2.09. The first-order valence-electron chi connectivity index (χ1n) is 6.54. The van der Waals surface area contributed by atoms with Crippen molar-refractivity contribution in [1.82, 2.24) is 10.3 Å². The minimum atomic E-state index is -0.227. The quantitative estimate of drug-likeness (QED) is 0.907. The number of amides is 1. The molecule has 4 nitrogen and oxygen atoms in total. The van der Waals surface area contributed by atoms with E-state index in [-0.39, 0.29) is 11.9 Å². The van der Waals surface area contributed by atoms with Crippen LogP contribution >= 0.6 is 11.8 Å². The molecule has 20 heavy (non-hydrogen) atoms. The molecule has 0 radical (unpaired) electrons. The number of hydrogen-bond acceptors (Lipinski definition) is 4. The van der Waals surface area contributed by atoms with Crippen molar-refractivity contribution in [3.8, 4) is 0 Å². The zero-order valence-electron chi connectivity index (χ0n) is 11.1. The fourth-order valence-electron chi connectivity index (χ4n) is 2.25. The molecule has 5 heteroatoms. The molecule has 102 valence electrons. The van der Waals surface area contributed by atoms with Gasteiger partial charge in [0.1, 0.15) is 6.04 Å². The van der Waals surface area contributed by atoms with Crippen molar-refractivity contribution >= 4 is 23.4 Å². The third-order valence-corrected chi connectivity index (χ3v) is 4.15. The molecule has 0 fully saturated rings. The summed E-state index contributed by atoms with van der Waals surface area (Å²) in [6.45, 7) is 2.77. The maximum atomic E-state index is 11.9. The molecular weight excluding hydrogens is 270 g/mol. The zero-order chi connectivity index (χ0) is 13.9. The van der Waals surface area contributed by atoms with Crippen LogP contribution in [0.25, 0.3) is 0 Å². The highest BCUT2D eigenvalue weighted by atomic mass is 32.2. The number of aromatic nitrogens is 1. The highest BCUT2D eigenvalue weighted by Gasteiger charge is 2.29. The van der Waals surface area contributed by atoms with Crippen LogP contribution in [-0.2, 0) is 4.79 Å². The first-order valence-corrected chi connectivity index (χ1v) is 7.35. The lowest BCUT2D eigenvalue weighted by atomic mass is 10.1. The van der Waals surface area contributed by atoms with E-state index in [2.05, 4.69) is 21.7 Å². The van der Waals surface area contributed by atoms with E-state index in [4.69, 9.17) is 0 Å². The summed E-state index contributed by atoms with van der Waals surface area (Å²) in [5, 5.41) is 6.12. The molecule has 1 atom stereocenters. The SMILES string of the molecule is CCNC1C(=O)Nc2cc(Sc3ccncc3)ccc21. The van der Waals surface area contributed by atoms with Crippen molar-refractivity contribution in [1.29, 1.82) is 0 Å². The Balaban J connectivity index is 1.84. The van der Waals surface area contributed by atoms with Crippen LogP contribution in [0, 0.1) is 0 Å². The van der Waals surface area contributed by atoms with E-state index in [1.54, 1.807) is 24.2 Å². The van der Waals surface area contributed by atoms with Gasteiger partial charge in [0.05, 0.1) is 0 Å². The Labute approximate surface area is 122 Å². The summed E-state index contributed by atoms with van der Waals surface area (Å²) < 4.78 is 0. The summed E-state index contributed by atoms with van der Waals surface area (Å²) in [6.07, 6.45) is 3.55. The third-order valence-electron chi connectivity index (χ3n) is 3.15. The molecule has 1 aliphatic heterocycles. The first kappa shape index (κ1) is 13.1. The number of fused-ring (bicyclic) bond motifs is 1. The molecular formula is C15H15N3OS. The van der Waals surface area contributed by atoms with Gasteiger partial charge >= 0.3 is 0 Å². The standard InChI is InChI=1S/C15H15N3OS/c1-2-17-14-12-4-3-11(9-13(12)18-15(14)19)20-10-5-7-16-8-6-10/h3-9,14,17H,2H2,1H3,(H,18,19). The molecule has 1 aliphatic rings. The second-order valence-electron chi connectivity index (χ2n) is 4.51. The van der Waals surface area contributed by atoms with Gasteiger partial charge in [0.2, 0.25) is 5.91 Å². The fraction of sp³-hybridized carbons (Fsp3) is 0.200. The van der Waals surface area contributed by atoms with E-state index in [1.807, 2.05) is 31.2 Å². The molecule has 3 rings (SSSR count). The molecule has 2 N–H and O–H groups in total. The lowest BCUT2D eigenvalue weighted by molar-refractivity contribution is -0.117. The normalized spacial score (nSPS) is 16.9. The van der Waals surface area contributed by atoms with Gasteiger partial charge in [-0.1, -0.05) is 24.8 Å². The van der Waals surface area contributed by atoms with Gasteiger partial charge in [-0.3, -0.25) is 9.78 Å². The molecule has 1 aromatic carbocycles. The number of benzene rings is 1. The molecule has 0 spiro atoms. The Morgan fingerprint density at radius 2 is 2.05 bits per heavy atom. The fourth-order valence-corrected chi connectivity index (χ4v) is 3.10. The molecule has 1 aromatic heterocycles. The average Bonchev–Trinajstić information content (AvgIpc) is 2.76. The molecule has 1 unspecified atom stereocenters. The van der Waals surface area contributed by atoms with Crippen LogP contribution in [0.1, 0.15) is 18.5 Å². The van der Waals surface area contributed by atoms with Crippen molar-refractivity contribution in [2.45, 2.75) is 22.8 Å². The second-order valence-corrected chi connectivity index (χ2v) is 5.66. The Bertz CT molecular complexity index is 630. The van der Waals surface area contributed by atoms with Crippen LogP contribution in [0.2, 0.25) is 0 Å². The van der Waals surface area contributed by atoms with E-state index in [9.17, 15) is 4.79 Å². The molecule has 2 aromatic rings. The van der Waals surface area contributed by atoms with Crippen molar-refractivity contribution in [3.63, 3.8) is 0 Å². The summed E-state index contributed by atoms with van der Waals surface area (Å²) in [5.41, 5.74) is 1.93. The highest BCUT2D eigenvalue weighted by molar-refractivity contribution is 7.99. The summed E-state index contributed by atoms with van der Waals surface area (Å²) in [4.78, 5) is 18.1. The largest absolute Gasteiger partial charge is 0.324 e. The number of likely N-dealkylation sites (N-methyl/N-ethyl adjacent to an activating group) is 1. The summed E-state index contributed by atoms with van der Waals surface area (Å²) in [5.74, 6) is 0.0212. The predicted octanol–water partition coefficient (Wildman–Crippen LogP) is 2.84. The molecule has 0 bridgehead atoms. The van der Waals surface area contributed by atoms with E-state index in [0.29, 0.717) is 0 Å². The summed E-state index contributed by atoms with van der Waals surface area (Å²) in [7, 11) is 0. The molecule has 0 saturated heterocycles. The second kappa shape index (κ2) is 5.64. The molecule has 1 amide bonds. The maximum absolute atomic E-state index is 11.9. The van der Waals surface area contributed by atoms with Gasteiger partial charge in [0, 0.05) is 33.4 Å². The summed E-state index contributed by atoms with van der Waals surface area (Å²) >= 11 is 1.66. The van der Waals surface area contributed by atoms with Crippen molar-refractivity contribution < 1.29 is 4.79 Å². The van der Waals surface area contributed by atoms with Crippen LogP contribution in [-0.4, -0.2) is 17.4 Å². The lowest BCUT2D eigenvalue weighted by Crippen LogP contribution is -2.27. The van der Waals surface area contributed by atoms with Crippen molar-refractivity contribution in [3.05, 3.63) is 48.3 Å². The van der Waals surface area contributed by atoms with Gasteiger partial charge in [0.25, 0.3) is 0 Å². The van der Waals surface area contributed by atoms with Crippen LogP contribution in [0.4, 0.5) is 5.69 Å². The predicted molar refractivity (Wildman–Crippen MR) is 79.8 cm³/mol. The Morgan fingerprint density at radius 1 is 1.25 bits per heavy atom. The number of carbonyl (C=O) groups is 1. The minimum absolute atomic E-state index is 0.0212. The number of rotatable bonds is 4. The van der Waals surface area contributed by atoms with Crippen molar-refractivity contribution in [2.75, 3.05) is 11.9 Å². The Hall–Kier alpha value is -1.85. The van der Waals surface area contributed by atoms with Crippen LogP contribution in [0.15, 0.2) is 52.5 Å². The van der Waals surface area contributed by atoms with E-state index in [1.165, 1.54) is 0 Å². The van der Waals surface area contributed by atoms with Gasteiger partial charge in [-0.15, -0.1) is 0 Å². The number of pyridine rings is 1. The van der Waals surface area contributed by atoms with Gasteiger partial charge in [-0.2, -0.15) is 0 Å². The van der Waals surface area contributed by atoms with Gasteiger partial charge < -0.3 is 10.6 Å². The highest BCUT2D eigenvalue weighted by Crippen LogP contribution is 2.36. The number of hydrogen-bond donors (Lipinski definition) is 2. The average molecular weight is 285 g/mol. The zero-order valence-corrected chi connectivity index (χ0v) is 11.9. The van der Waals surface area contributed by atoms with Crippen molar-refractivity contribution in [2.24, 2.45) is 0 Å².